The molecule has 0 atom stereocenters. The summed E-state index contributed by atoms with van der Waals surface area (Å²) in [5, 5.41) is 7.77. The molecule has 0 bridgehead atoms. The van der Waals surface area contributed by atoms with Gasteiger partial charge in [0.25, 0.3) is 0 Å². The van der Waals surface area contributed by atoms with Gasteiger partial charge in [0.05, 0.1) is 0 Å². The van der Waals surface area contributed by atoms with E-state index in [2.05, 4.69) is 15.2 Å². The largest absolute Gasteiger partial charge is 0.366 e. The number of hydrogen-bond acceptors (Lipinski definition) is 4. The average Bonchev–Trinajstić information content (AvgIpc) is 2.58. The molecule has 0 fully saturated rings. The molecule has 0 radical (unpaired) electrons. The fourth-order valence-electron chi connectivity index (χ4n) is 0.839. The average molecular weight is 184 g/mol. The molecule has 2 heterocycles. The summed E-state index contributed by atoms with van der Waals surface area (Å²) < 4.78 is 12.9. The monoisotopic (exact) mass is 184 g/mol. The van der Waals surface area contributed by atoms with Gasteiger partial charge in [-0.25, -0.2) is 4.39 Å². The van der Waals surface area contributed by atoms with Crippen molar-refractivity contribution >= 4 is 17.3 Å². The fourth-order valence-corrected chi connectivity index (χ4v) is 1.55. The van der Waals surface area contributed by atoms with Gasteiger partial charge in [-0.15, -0.1) is 16.4 Å². The zero-order valence-electron chi connectivity index (χ0n) is 5.91. The van der Waals surface area contributed by atoms with Gasteiger partial charge in [-0.05, 0) is 11.4 Å². The molecule has 0 aromatic carbocycles. The van der Waals surface area contributed by atoms with Gasteiger partial charge in [-0.2, -0.15) is 4.98 Å². The van der Waals surface area contributed by atoms with Gasteiger partial charge in [-0.3, -0.25) is 5.10 Å². The minimum atomic E-state index is -0.309. The van der Waals surface area contributed by atoms with Crippen LogP contribution in [0.2, 0.25) is 0 Å². The third-order valence-electron chi connectivity index (χ3n) is 1.33. The maximum atomic E-state index is 12.9. The van der Waals surface area contributed by atoms with Crippen molar-refractivity contribution in [3.63, 3.8) is 0 Å². The highest BCUT2D eigenvalue weighted by Crippen LogP contribution is 2.24. The number of nitrogens with one attached hydrogen (secondary N) is 1. The molecular formula is C6H5FN4S. The van der Waals surface area contributed by atoms with Crippen LogP contribution in [0.15, 0.2) is 11.4 Å². The lowest BCUT2D eigenvalue weighted by Crippen LogP contribution is -1.85. The van der Waals surface area contributed by atoms with Gasteiger partial charge in [-0.1, -0.05) is 0 Å². The quantitative estimate of drug-likeness (QED) is 0.701. The van der Waals surface area contributed by atoms with Crippen LogP contribution in [0.3, 0.4) is 0 Å². The minimum Gasteiger partial charge on any atom is -0.366 e. The van der Waals surface area contributed by atoms with E-state index >= 15 is 0 Å². The van der Waals surface area contributed by atoms with Gasteiger partial charge < -0.3 is 5.73 Å². The molecule has 62 valence electrons. The zero-order chi connectivity index (χ0) is 8.55. The summed E-state index contributed by atoms with van der Waals surface area (Å²) in [5.74, 6) is 0.189. The van der Waals surface area contributed by atoms with Crippen LogP contribution < -0.4 is 5.73 Å². The van der Waals surface area contributed by atoms with Crippen LogP contribution in [0, 0.1) is 5.82 Å². The Morgan fingerprint density at radius 1 is 1.58 bits per heavy atom. The van der Waals surface area contributed by atoms with E-state index in [9.17, 15) is 4.39 Å². The number of hydrogen-bond donors (Lipinski definition) is 2. The second-order valence-electron chi connectivity index (χ2n) is 2.14. The van der Waals surface area contributed by atoms with Crippen LogP contribution in [0.4, 0.5) is 10.3 Å². The Bertz CT molecular complexity index is 394. The minimum absolute atomic E-state index is 0.123. The molecule has 0 aliphatic rings. The first-order chi connectivity index (χ1) is 5.77. The summed E-state index contributed by atoms with van der Waals surface area (Å²) in [5.41, 5.74) is 5.26. The number of halogens is 1. The first-order valence-corrected chi connectivity index (χ1v) is 4.06. The van der Waals surface area contributed by atoms with E-state index in [1.807, 2.05) is 0 Å². The van der Waals surface area contributed by atoms with E-state index in [-0.39, 0.29) is 11.8 Å². The smallest absolute Gasteiger partial charge is 0.239 e. The number of H-pyrrole nitrogens is 1. The predicted molar refractivity (Wildman–Crippen MR) is 44.1 cm³/mol. The first-order valence-electron chi connectivity index (χ1n) is 3.18. The van der Waals surface area contributed by atoms with Crippen LogP contribution in [0.25, 0.3) is 10.7 Å². The maximum Gasteiger partial charge on any atom is 0.239 e. The highest BCUT2D eigenvalue weighted by atomic mass is 32.1. The number of nitrogen functional groups attached to an aromatic ring is 1. The molecule has 2 aromatic rings. The van der Waals surface area contributed by atoms with E-state index < -0.39 is 0 Å². The summed E-state index contributed by atoms with van der Waals surface area (Å²) in [4.78, 5) is 4.23. The molecule has 0 amide bonds. The van der Waals surface area contributed by atoms with E-state index in [1.54, 1.807) is 5.38 Å². The van der Waals surface area contributed by atoms with Gasteiger partial charge in [0.1, 0.15) is 10.7 Å². The third kappa shape index (κ3) is 1.06. The second-order valence-corrected chi connectivity index (χ2v) is 3.06. The number of aromatic nitrogens is 3. The molecular weight excluding hydrogens is 179 g/mol. The maximum absolute atomic E-state index is 12.9. The summed E-state index contributed by atoms with van der Waals surface area (Å²) in [7, 11) is 0. The molecule has 0 saturated carbocycles. The van der Waals surface area contributed by atoms with Crippen molar-refractivity contribution in [2.45, 2.75) is 0 Å². The standard InChI is InChI=1S/C6H5FN4S/c7-3-1-2-12-4(3)5-9-6(8)11-10-5/h1-2H,(H3,8,9,10,11). The highest BCUT2D eigenvalue weighted by molar-refractivity contribution is 7.13. The molecule has 0 aliphatic heterocycles. The first kappa shape index (κ1) is 7.23. The number of nitrogens with zero attached hydrogens (tertiary/aromatic N) is 2. The molecule has 0 saturated heterocycles. The van der Waals surface area contributed by atoms with Crippen molar-refractivity contribution in [3.05, 3.63) is 17.3 Å². The van der Waals surface area contributed by atoms with Crippen LogP contribution >= 0.6 is 11.3 Å². The normalized spacial score (nSPS) is 10.4. The van der Waals surface area contributed by atoms with E-state index in [0.717, 1.165) is 0 Å². The number of nitrogens with two attached hydrogens (primary N) is 1. The van der Waals surface area contributed by atoms with Crippen LogP contribution in [-0.4, -0.2) is 15.2 Å². The van der Waals surface area contributed by atoms with Crippen LogP contribution in [0.5, 0.6) is 0 Å². The number of rotatable bonds is 1. The Hall–Kier alpha value is -1.43. The van der Waals surface area contributed by atoms with Crippen molar-refractivity contribution in [3.8, 4) is 10.7 Å². The lowest BCUT2D eigenvalue weighted by Gasteiger charge is -1.87. The Balaban J connectivity index is 2.50. The number of aromatic amines is 1. The van der Waals surface area contributed by atoms with Gasteiger partial charge in [0, 0.05) is 0 Å². The molecule has 4 nitrogen and oxygen atoms in total. The molecule has 0 spiro atoms. The molecule has 3 N–H and O–H groups in total. The summed E-state index contributed by atoms with van der Waals surface area (Å²) in [6, 6.07) is 1.37. The summed E-state index contributed by atoms with van der Waals surface area (Å²) >= 11 is 1.25. The van der Waals surface area contributed by atoms with E-state index in [0.29, 0.717) is 10.7 Å². The van der Waals surface area contributed by atoms with Crippen LogP contribution in [0.1, 0.15) is 0 Å². The molecule has 2 rings (SSSR count). The zero-order valence-corrected chi connectivity index (χ0v) is 6.73. The van der Waals surface area contributed by atoms with E-state index in [1.165, 1.54) is 17.4 Å². The molecule has 0 unspecified atom stereocenters. The van der Waals surface area contributed by atoms with Gasteiger partial charge in [0.15, 0.2) is 5.82 Å². The predicted octanol–water partition coefficient (Wildman–Crippen LogP) is 1.25. The van der Waals surface area contributed by atoms with Crippen molar-refractivity contribution < 1.29 is 4.39 Å². The van der Waals surface area contributed by atoms with E-state index in [4.69, 9.17) is 5.73 Å². The van der Waals surface area contributed by atoms with Gasteiger partial charge >= 0.3 is 0 Å². The van der Waals surface area contributed by atoms with Crippen molar-refractivity contribution in [2.24, 2.45) is 0 Å². The Labute approximate surface area is 71.3 Å². The lowest BCUT2D eigenvalue weighted by molar-refractivity contribution is 0.635. The Morgan fingerprint density at radius 2 is 2.42 bits per heavy atom. The summed E-state index contributed by atoms with van der Waals surface area (Å²) in [6.07, 6.45) is 0. The third-order valence-corrected chi connectivity index (χ3v) is 2.23. The molecule has 0 aliphatic carbocycles. The SMILES string of the molecule is Nc1n[nH]c(-c2sccc2F)n1. The molecule has 2 aromatic heterocycles. The lowest BCUT2D eigenvalue weighted by atomic mass is 10.4. The highest BCUT2D eigenvalue weighted by Gasteiger charge is 2.09. The number of thiophene rings is 1. The summed E-state index contributed by atoms with van der Waals surface area (Å²) in [6.45, 7) is 0. The topological polar surface area (TPSA) is 67.6 Å². The van der Waals surface area contributed by atoms with Crippen molar-refractivity contribution in [1.29, 1.82) is 0 Å². The molecule has 12 heavy (non-hydrogen) atoms. The Kier molecular flexibility index (Phi) is 1.54. The van der Waals surface area contributed by atoms with Crippen LogP contribution in [-0.2, 0) is 0 Å². The second kappa shape index (κ2) is 2.56. The molecule has 6 heteroatoms. The Morgan fingerprint density at radius 3 is 2.92 bits per heavy atom. The van der Waals surface area contributed by atoms with Gasteiger partial charge in [0.2, 0.25) is 5.95 Å². The number of anilines is 1. The van der Waals surface area contributed by atoms with Crippen molar-refractivity contribution in [2.75, 3.05) is 5.73 Å². The fraction of sp³-hybridized carbons (Fsp3) is 0. The van der Waals surface area contributed by atoms with Crippen molar-refractivity contribution in [1.82, 2.24) is 15.2 Å².